The van der Waals surface area contributed by atoms with E-state index >= 15 is 0 Å². The van der Waals surface area contributed by atoms with E-state index in [1.807, 2.05) is 19.4 Å². The predicted octanol–water partition coefficient (Wildman–Crippen LogP) is 1.61. The van der Waals surface area contributed by atoms with Gasteiger partial charge in [0.05, 0.1) is 17.9 Å². The van der Waals surface area contributed by atoms with E-state index in [2.05, 4.69) is 40.5 Å². The third-order valence-corrected chi connectivity index (χ3v) is 2.87. The summed E-state index contributed by atoms with van der Waals surface area (Å²) < 4.78 is 1.80. The first kappa shape index (κ1) is 12.7. The molecule has 2 aromatic rings. The van der Waals surface area contributed by atoms with Crippen LogP contribution in [0, 0.1) is 6.92 Å². The summed E-state index contributed by atoms with van der Waals surface area (Å²) in [5, 5.41) is 11.5. The lowest BCUT2D eigenvalue weighted by Gasteiger charge is -2.18. The van der Waals surface area contributed by atoms with Gasteiger partial charge in [0.2, 0.25) is 0 Å². The van der Waals surface area contributed by atoms with Crippen LogP contribution in [0.5, 0.6) is 0 Å². The summed E-state index contributed by atoms with van der Waals surface area (Å²) in [6.07, 6.45) is 6.64. The van der Waals surface area contributed by atoms with Gasteiger partial charge in [0.15, 0.2) is 0 Å². The third-order valence-electron chi connectivity index (χ3n) is 2.87. The van der Waals surface area contributed by atoms with Crippen LogP contribution < -0.4 is 5.32 Å². The summed E-state index contributed by atoms with van der Waals surface area (Å²) in [5.41, 5.74) is 3.36. The lowest BCUT2D eigenvalue weighted by molar-refractivity contribution is 0.549. The van der Waals surface area contributed by atoms with Crippen molar-refractivity contribution < 1.29 is 0 Å². The van der Waals surface area contributed by atoms with Crippen LogP contribution >= 0.6 is 0 Å². The molecule has 0 bridgehead atoms. The number of aryl methyl sites for hydroxylation is 2. The van der Waals surface area contributed by atoms with E-state index in [4.69, 9.17) is 0 Å². The van der Waals surface area contributed by atoms with Gasteiger partial charge in [0, 0.05) is 19.4 Å². The molecule has 96 valence electrons. The molecule has 2 rings (SSSR count). The summed E-state index contributed by atoms with van der Waals surface area (Å²) in [4.78, 5) is 4.26. The summed E-state index contributed by atoms with van der Waals surface area (Å²) >= 11 is 0. The SMILES string of the molecule is CCCNC(c1cncc(C)c1)c1cnnn1C. The van der Waals surface area contributed by atoms with Gasteiger partial charge >= 0.3 is 0 Å². The van der Waals surface area contributed by atoms with E-state index in [0.29, 0.717) is 0 Å². The van der Waals surface area contributed by atoms with Crippen LogP contribution in [0.15, 0.2) is 24.7 Å². The molecule has 1 atom stereocenters. The minimum Gasteiger partial charge on any atom is -0.305 e. The van der Waals surface area contributed by atoms with E-state index in [9.17, 15) is 0 Å². The first-order valence-electron chi connectivity index (χ1n) is 6.22. The van der Waals surface area contributed by atoms with Gasteiger partial charge in [0.1, 0.15) is 0 Å². The van der Waals surface area contributed by atoms with Crippen molar-refractivity contribution in [3.63, 3.8) is 0 Å². The summed E-state index contributed by atoms with van der Waals surface area (Å²) in [5.74, 6) is 0. The van der Waals surface area contributed by atoms with E-state index in [1.165, 1.54) is 0 Å². The highest BCUT2D eigenvalue weighted by Crippen LogP contribution is 2.20. The fourth-order valence-corrected chi connectivity index (χ4v) is 1.98. The van der Waals surface area contributed by atoms with Gasteiger partial charge in [-0.3, -0.25) is 9.67 Å². The van der Waals surface area contributed by atoms with Crippen molar-refractivity contribution in [1.82, 2.24) is 25.3 Å². The van der Waals surface area contributed by atoms with Crippen LogP contribution in [0.3, 0.4) is 0 Å². The molecule has 0 spiro atoms. The molecule has 0 aromatic carbocycles. The van der Waals surface area contributed by atoms with Gasteiger partial charge < -0.3 is 5.32 Å². The standard InChI is InChI=1S/C13H19N5/c1-4-5-15-13(12-9-16-17-18(12)3)11-6-10(2)7-14-8-11/h6-9,13,15H,4-5H2,1-3H3. The molecule has 0 aliphatic rings. The highest BCUT2D eigenvalue weighted by Gasteiger charge is 2.17. The average Bonchev–Trinajstić information content (AvgIpc) is 2.77. The highest BCUT2D eigenvalue weighted by molar-refractivity contribution is 5.26. The van der Waals surface area contributed by atoms with Gasteiger partial charge in [-0.25, -0.2) is 0 Å². The average molecular weight is 245 g/mol. The summed E-state index contributed by atoms with van der Waals surface area (Å²) in [6.45, 7) is 5.15. The van der Waals surface area contributed by atoms with Gasteiger partial charge in [0.25, 0.3) is 0 Å². The number of hydrogen-bond donors (Lipinski definition) is 1. The molecule has 18 heavy (non-hydrogen) atoms. The maximum atomic E-state index is 4.26. The lowest BCUT2D eigenvalue weighted by Crippen LogP contribution is -2.25. The van der Waals surface area contributed by atoms with E-state index in [1.54, 1.807) is 10.9 Å². The molecule has 1 unspecified atom stereocenters. The van der Waals surface area contributed by atoms with E-state index < -0.39 is 0 Å². The molecule has 0 amide bonds. The number of rotatable bonds is 5. The second-order valence-corrected chi connectivity index (χ2v) is 4.47. The Morgan fingerprint density at radius 1 is 1.33 bits per heavy atom. The molecular formula is C13H19N5. The van der Waals surface area contributed by atoms with Gasteiger partial charge in [-0.1, -0.05) is 18.2 Å². The number of nitrogens with one attached hydrogen (secondary N) is 1. The zero-order chi connectivity index (χ0) is 13.0. The van der Waals surface area contributed by atoms with Crippen LogP contribution in [0.1, 0.15) is 36.2 Å². The molecule has 0 aliphatic carbocycles. The minimum absolute atomic E-state index is 0.0948. The van der Waals surface area contributed by atoms with Gasteiger partial charge in [-0.15, -0.1) is 5.10 Å². The van der Waals surface area contributed by atoms with Crippen molar-refractivity contribution in [2.75, 3.05) is 6.54 Å². The molecule has 0 radical (unpaired) electrons. The lowest BCUT2D eigenvalue weighted by atomic mass is 10.0. The zero-order valence-corrected chi connectivity index (χ0v) is 11.1. The maximum absolute atomic E-state index is 4.26. The summed E-state index contributed by atoms with van der Waals surface area (Å²) in [6, 6.07) is 2.24. The molecule has 0 saturated carbocycles. The topological polar surface area (TPSA) is 55.6 Å². The maximum Gasteiger partial charge on any atom is 0.0799 e. The Kier molecular flexibility index (Phi) is 4.04. The largest absolute Gasteiger partial charge is 0.305 e. The van der Waals surface area contributed by atoms with Crippen molar-refractivity contribution >= 4 is 0 Å². The van der Waals surface area contributed by atoms with Crippen molar-refractivity contribution in [3.8, 4) is 0 Å². The monoisotopic (exact) mass is 245 g/mol. The first-order valence-corrected chi connectivity index (χ1v) is 6.22. The Hall–Kier alpha value is -1.75. The minimum atomic E-state index is 0.0948. The van der Waals surface area contributed by atoms with Crippen LogP contribution in [-0.4, -0.2) is 26.5 Å². The normalized spacial score (nSPS) is 12.6. The number of pyridine rings is 1. The van der Waals surface area contributed by atoms with Crippen LogP contribution in [-0.2, 0) is 7.05 Å². The molecule has 2 aromatic heterocycles. The fraction of sp³-hybridized carbons (Fsp3) is 0.462. The van der Waals surface area contributed by atoms with Crippen LogP contribution in [0.2, 0.25) is 0 Å². The molecule has 0 fully saturated rings. The predicted molar refractivity (Wildman–Crippen MR) is 70.1 cm³/mol. The highest BCUT2D eigenvalue weighted by atomic mass is 15.4. The van der Waals surface area contributed by atoms with Crippen molar-refractivity contribution in [3.05, 3.63) is 41.5 Å². The van der Waals surface area contributed by atoms with Crippen molar-refractivity contribution in [2.24, 2.45) is 7.05 Å². The van der Waals surface area contributed by atoms with Crippen LogP contribution in [0.4, 0.5) is 0 Å². The zero-order valence-electron chi connectivity index (χ0n) is 11.1. The Morgan fingerprint density at radius 3 is 2.78 bits per heavy atom. The quantitative estimate of drug-likeness (QED) is 0.869. The fourth-order valence-electron chi connectivity index (χ4n) is 1.98. The Morgan fingerprint density at radius 2 is 2.17 bits per heavy atom. The van der Waals surface area contributed by atoms with Crippen molar-refractivity contribution in [1.29, 1.82) is 0 Å². The third kappa shape index (κ3) is 2.73. The molecule has 5 heteroatoms. The molecular weight excluding hydrogens is 226 g/mol. The Balaban J connectivity index is 2.33. The number of hydrogen-bond acceptors (Lipinski definition) is 4. The first-order chi connectivity index (χ1) is 8.72. The van der Waals surface area contributed by atoms with Gasteiger partial charge in [-0.2, -0.15) is 0 Å². The second-order valence-electron chi connectivity index (χ2n) is 4.47. The molecule has 5 nitrogen and oxygen atoms in total. The second kappa shape index (κ2) is 5.73. The van der Waals surface area contributed by atoms with Crippen LogP contribution in [0.25, 0.3) is 0 Å². The molecule has 0 saturated heterocycles. The molecule has 2 heterocycles. The molecule has 0 aliphatic heterocycles. The smallest absolute Gasteiger partial charge is 0.0799 e. The number of aromatic nitrogens is 4. The van der Waals surface area contributed by atoms with E-state index in [-0.39, 0.29) is 6.04 Å². The van der Waals surface area contributed by atoms with E-state index in [0.717, 1.165) is 29.8 Å². The van der Waals surface area contributed by atoms with Gasteiger partial charge in [-0.05, 0) is 31.0 Å². The Bertz CT molecular complexity index is 506. The van der Waals surface area contributed by atoms with Crippen molar-refractivity contribution in [2.45, 2.75) is 26.3 Å². The Labute approximate surface area is 107 Å². The number of nitrogens with zero attached hydrogens (tertiary/aromatic N) is 4. The summed E-state index contributed by atoms with van der Waals surface area (Å²) in [7, 11) is 1.91. The molecule has 1 N–H and O–H groups in total.